The van der Waals surface area contributed by atoms with Gasteiger partial charge in [-0.05, 0) is 12.5 Å². The van der Waals surface area contributed by atoms with E-state index in [-0.39, 0.29) is 5.91 Å². The van der Waals surface area contributed by atoms with Crippen molar-refractivity contribution in [2.45, 2.75) is 18.9 Å². The first kappa shape index (κ1) is 5.71. The number of rotatable bonds is 1. The van der Waals surface area contributed by atoms with Crippen LogP contribution in [0.15, 0.2) is 24.4 Å². The molecule has 2 rings (SSSR count). The van der Waals surface area contributed by atoms with Crippen LogP contribution in [0, 0.1) is 0 Å². The van der Waals surface area contributed by atoms with E-state index >= 15 is 0 Å². The fourth-order valence-corrected chi connectivity index (χ4v) is 1.56. The van der Waals surface area contributed by atoms with Crippen molar-refractivity contribution in [2.24, 2.45) is 0 Å². The van der Waals surface area contributed by atoms with Crippen molar-refractivity contribution in [3.63, 3.8) is 0 Å². The Morgan fingerprint density at radius 1 is 1.80 bits per heavy atom. The molecule has 0 unspecified atom stereocenters. The highest BCUT2D eigenvalue weighted by Crippen LogP contribution is 2.33. The molecule has 52 valence electrons. The minimum absolute atomic E-state index is 0.244. The maximum Gasteiger partial charge on any atom is 0.229 e. The van der Waals surface area contributed by atoms with Gasteiger partial charge < -0.3 is 4.90 Å². The second kappa shape index (κ2) is 1.72. The van der Waals surface area contributed by atoms with Crippen molar-refractivity contribution >= 4 is 5.91 Å². The summed E-state index contributed by atoms with van der Waals surface area (Å²) in [4.78, 5) is 12.7. The van der Waals surface area contributed by atoms with Gasteiger partial charge in [0.1, 0.15) is 0 Å². The monoisotopic (exact) mass is 135 g/mol. The number of fused-ring (bicyclic) bond motifs is 1. The van der Waals surface area contributed by atoms with Crippen molar-refractivity contribution < 1.29 is 4.79 Å². The van der Waals surface area contributed by atoms with Gasteiger partial charge >= 0.3 is 0 Å². The molecule has 2 nitrogen and oxygen atoms in total. The summed E-state index contributed by atoms with van der Waals surface area (Å²) in [5.41, 5.74) is 1.00. The van der Waals surface area contributed by atoms with Crippen molar-refractivity contribution in [2.75, 3.05) is 0 Å². The summed E-state index contributed by atoms with van der Waals surface area (Å²) in [6, 6.07) is 0.473. The second-order valence-electron chi connectivity index (χ2n) is 2.69. The number of β-lactam (4-membered cyclic amide) rings is 1. The van der Waals surface area contributed by atoms with E-state index in [0.717, 1.165) is 18.5 Å². The molecule has 2 aliphatic rings. The second-order valence-corrected chi connectivity index (χ2v) is 2.69. The Hall–Kier alpha value is -1.05. The predicted octanol–water partition coefficient (Wildman–Crippen LogP) is 1.06. The summed E-state index contributed by atoms with van der Waals surface area (Å²) in [6.07, 6.45) is 5.57. The van der Waals surface area contributed by atoms with Crippen molar-refractivity contribution in [1.29, 1.82) is 0 Å². The lowest BCUT2D eigenvalue weighted by Gasteiger charge is -2.35. The molecular weight excluding hydrogens is 126 g/mol. The van der Waals surface area contributed by atoms with E-state index in [1.54, 1.807) is 6.08 Å². The predicted molar refractivity (Wildman–Crippen MR) is 38.1 cm³/mol. The fraction of sp³-hybridized carbons (Fsp3) is 0.375. The van der Waals surface area contributed by atoms with Gasteiger partial charge in [0.15, 0.2) is 0 Å². The van der Waals surface area contributed by atoms with Gasteiger partial charge in [0, 0.05) is 18.2 Å². The van der Waals surface area contributed by atoms with Gasteiger partial charge in [-0.25, -0.2) is 0 Å². The average Bonchev–Trinajstić information content (AvgIpc) is 2.25. The van der Waals surface area contributed by atoms with Crippen LogP contribution in [0.25, 0.3) is 0 Å². The Balaban J connectivity index is 2.24. The highest BCUT2D eigenvalue weighted by atomic mass is 16.2. The standard InChI is InChI=1S/C8H9NO/c1-2-6-3-4-7-5-8(10)9(6)7/h2-3,7H,1,4-5H2/t7-/m1/s1. The van der Waals surface area contributed by atoms with Gasteiger partial charge in [0.2, 0.25) is 5.91 Å². The lowest BCUT2D eigenvalue weighted by atomic mass is 10.0. The highest BCUT2D eigenvalue weighted by Gasteiger charge is 2.39. The molecule has 2 heteroatoms. The first-order valence-corrected chi connectivity index (χ1v) is 3.47. The van der Waals surface area contributed by atoms with Crippen LogP contribution in [0.2, 0.25) is 0 Å². The van der Waals surface area contributed by atoms with Crippen LogP contribution in [0.4, 0.5) is 0 Å². The number of hydrogen-bond donors (Lipinski definition) is 0. The number of hydrogen-bond acceptors (Lipinski definition) is 1. The minimum atomic E-state index is 0.244. The Kier molecular flexibility index (Phi) is 0.982. The number of allylic oxidation sites excluding steroid dienone is 1. The van der Waals surface area contributed by atoms with E-state index in [4.69, 9.17) is 0 Å². The SMILES string of the molecule is C=CC1=CC[C@@H]2CC(=O)N12. The van der Waals surface area contributed by atoms with Crippen LogP contribution >= 0.6 is 0 Å². The molecule has 0 aliphatic carbocycles. The van der Waals surface area contributed by atoms with Gasteiger partial charge in [-0.3, -0.25) is 4.79 Å². The van der Waals surface area contributed by atoms with Crippen LogP contribution in [-0.4, -0.2) is 16.8 Å². The van der Waals surface area contributed by atoms with Crippen molar-refractivity contribution in [3.8, 4) is 0 Å². The molecule has 1 atom stereocenters. The van der Waals surface area contributed by atoms with Crippen LogP contribution in [0.3, 0.4) is 0 Å². The van der Waals surface area contributed by atoms with E-state index in [2.05, 4.69) is 12.7 Å². The third kappa shape index (κ3) is 0.511. The van der Waals surface area contributed by atoms with Gasteiger partial charge in [0.05, 0.1) is 0 Å². The van der Waals surface area contributed by atoms with E-state index in [0.29, 0.717) is 6.04 Å². The van der Waals surface area contributed by atoms with E-state index in [1.807, 2.05) is 4.90 Å². The smallest absolute Gasteiger partial charge is 0.229 e. The maximum absolute atomic E-state index is 10.9. The first-order chi connectivity index (χ1) is 4.83. The lowest BCUT2D eigenvalue weighted by Crippen LogP contribution is -2.47. The number of amides is 1. The summed E-state index contributed by atoms with van der Waals surface area (Å²) < 4.78 is 0. The molecule has 1 fully saturated rings. The third-order valence-electron chi connectivity index (χ3n) is 2.13. The summed E-state index contributed by atoms with van der Waals surface area (Å²) in [5, 5.41) is 0. The average molecular weight is 135 g/mol. The zero-order chi connectivity index (χ0) is 7.14. The maximum atomic E-state index is 10.9. The van der Waals surface area contributed by atoms with Gasteiger partial charge in [-0.15, -0.1) is 0 Å². The third-order valence-corrected chi connectivity index (χ3v) is 2.13. The van der Waals surface area contributed by atoms with E-state index < -0.39 is 0 Å². The van der Waals surface area contributed by atoms with Crippen molar-refractivity contribution in [3.05, 3.63) is 24.4 Å². The van der Waals surface area contributed by atoms with Gasteiger partial charge in [0.25, 0.3) is 0 Å². The summed E-state index contributed by atoms with van der Waals surface area (Å²) in [6.45, 7) is 3.63. The van der Waals surface area contributed by atoms with Gasteiger partial charge in [-0.1, -0.05) is 12.7 Å². The largest absolute Gasteiger partial charge is 0.309 e. The number of carbonyl (C=O) groups is 1. The van der Waals surface area contributed by atoms with E-state index in [9.17, 15) is 4.79 Å². The van der Waals surface area contributed by atoms with Gasteiger partial charge in [-0.2, -0.15) is 0 Å². The zero-order valence-electron chi connectivity index (χ0n) is 5.71. The van der Waals surface area contributed by atoms with E-state index in [1.165, 1.54) is 0 Å². The summed E-state index contributed by atoms with van der Waals surface area (Å²) in [5.74, 6) is 0.244. The molecule has 0 bridgehead atoms. The van der Waals surface area contributed by atoms with Crippen molar-refractivity contribution in [1.82, 2.24) is 4.90 Å². The Bertz CT molecular complexity index is 229. The molecule has 0 saturated carbocycles. The fourth-order valence-electron chi connectivity index (χ4n) is 1.56. The van der Waals surface area contributed by atoms with Crippen LogP contribution in [0.1, 0.15) is 12.8 Å². The molecule has 0 aromatic rings. The summed E-state index contributed by atoms with van der Waals surface area (Å²) in [7, 11) is 0. The molecular formula is C8H9NO. The van der Waals surface area contributed by atoms with Crippen LogP contribution in [-0.2, 0) is 4.79 Å². The first-order valence-electron chi connectivity index (χ1n) is 3.47. The zero-order valence-corrected chi connectivity index (χ0v) is 5.71. The molecule has 10 heavy (non-hydrogen) atoms. The van der Waals surface area contributed by atoms with Crippen LogP contribution in [0.5, 0.6) is 0 Å². The molecule has 0 aromatic heterocycles. The molecule has 1 saturated heterocycles. The quantitative estimate of drug-likeness (QED) is 0.492. The molecule has 2 aliphatic heterocycles. The highest BCUT2D eigenvalue weighted by molar-refractivity contribution is 5.86. The molecule has 2 heterocycles. The summed E-state index contributed by atoms with van der Waals surface area (Å²) >= 11 is 0. The Morgan fingerprint density at radius 2 is 2.60 bits per heavy atom. The molecule has 0 aromatic carbocycles. The number of carbonyl (C=O) groups excluding carboxylic acids is 1. The Morgan fingerprint density at radius 3 is 3.10 bits per heavy atom. The van der Waals surface area contributed by atoms with Crippen LogP contribution < -0.4 is 0 Å². The molecule has 0 radical (unpaired) electrons. The molecule has 1 amide bonds. The molecule has 0 spiro atoms. The minimum Gasteiger partial charge on any atom is -0.309 e. The number of nitrogens with zero attached hydrogens (tertiary/aromatic N) is 1. The molecule has 0 N–H and O–H groups in total. The Labute approximate surface area is 59.8 Å². The normalized spacial score (nSPS) is 29.2. The topological polar surface area (TPSA) is 20.3 Å². The lowest BCUT2D eigenvalue weighted by molar-refractivity contribution is -0.140.